The van der Waals surface area contributed by atoms with Crippen molar-refractivity contribution in [2.24, 2.45) is 0 Å². The maximum Gasteiger partial charge on any atom is 0.303 e. The first-order chi connectivity index (χ1) is 9.58. The summed E-state index contributed by atoms with van der Waals surface area (Å²) in [5.41, 5.74) is 1.17. The molecule has 5 heteroatoms. The second kappa shape index (κ2) is 7.20. The van der Waals surface area contributed by atoms with Crippen LogP contribution < -0.4 is 0 Å². The number of halogens is 1. The van der Waals surface area contributed by atoms with Gasteiger partial charge >= 0.3 is 5.97 Å². The van der Waals surface area contributed by atoms with Crippen molar-refractivity contribution < 1.29 is 14.6 Å². The van der Waals surface area contributed by atoms with E-state index in [1.54, 1.807) is 0 Å². The van der Waals surface area contributed by atoms with Crippen LogP contribution in [0.5, 0.6) is 0 Å². The van der Waals surface area contributed by atoms with Gasteiger partial charge in [-0.15, -0.1) is 0 Å². The number of nitrogens with zero attached hydrogens (tertiary/aromatic N) is 1. The smallest absolute Gasteiger partial charge is 0.303 e. The van der Waals surface area contributed by atoms with Crippen LogP contribution in [0.4, 0.5) is 0 Å². The van der Waals surface area contributed by atoms with Gasteiger partial charge in [0, 0.05) is 23.5 Å². The molecule has 0 spiro atoms. The van der Waals surface area contributed by atoms with Gasteiger partial charge in [0.2, 0.25) is 0 Å². The van der Waals surface area contributed by atoms with E-state index in [2.05, 4.69) is 39.9 Å². The normalized spacial score (nSPS) is 23.7. The highest BCUT2D eigenvalue weighted by Gasteiger charge is 2.29. The average Bonchev–Trinajstić information content (AvgIpc) is 2.41. The van der Waals surface area contributed by atoms with Crippen LogP contribution in [0.3, 0.4) is 0 Å². The molecule has 0 saturated carbocycles. The monoisotopic (exact) mass is 341 g/mol. The molecule has 110 valence electrons. The zero-order chi connectivity index (χ0) is 14.5. The Labute approximate surface area is 127 Å². The molecule has 2 atom stereocenters. The molecule has 0 aliphatic carbocycles. The van der Waals surface area contributed by atoms with Crippen LogP contribution in [0.15, 0.2) is 28.7 Å². The zero-order valence-corrected chi connectivity index (χ0v) is 13.2. The molecule has 1 N–H and O–H groups in total. The molecule has 0 amide bonds. The number of carbonyl (C=O) groups is 1. The number of aliphatic carboxylic acids is 1. The zero-order valence-electron chi connectivity index (χ0n) is 11.6. The van der Waals surface area contributed by atoms with Gasteiger partial charge in [-0.1, -0.05) is 28.1 Å². The molecule has 1 aromatic rings. The summed E-state index contributed by atoms with van der Waals surface area (Å²) >= 11 is 3.44. The number of rotatable bonds is 5. The first kappa shape index (κ1) is 15.5. The largest absolute Gasteiger partial charge is 0.481 e. The van der Waals surface area contributed by atoms with Gasteiger partial charge in [-0.3, -0.25) is 9.69 Å². The van der Waals surface area contributed by atoms with Crippen LogP contribution in [0.25, 0.3) is 0 Å². The van der Waals surface area contributed by atoms with E-state index in [4.69, 9.17) is 9.84 Å². The number of morpholine rings is 1. The van der Waals surface area contributed by atoms with Crippen molar-refractivity contribution in [2.75, 3.05) is 19.7 Å². The summed E-state index contributed by atoms with van der Waals surface area (Å²) in [6, 6.07) is 8.46. The first-order valence-corrected chi connectivity index (χ1v) is 7.70. The Hall–Kier alpha value is -0.910. The standard InChI is InChI=1S/C15H20BrNO3/c1-11-15(12-4-6-13(16)7-5-12)20-10-9-17(11)8-2-3-14(18)19/h4-7,11,15H,2-3,8-10H2,1H3,(H,18,19). The fourth-order valence-corrected chi connectivity index (χ4v) is 2.87. The lowest BCUT2D eigenvalue weighted by Crippen LogP contribution is -2.45. The quantitative estimate of drug-likeness (QED) is 0.894. The van der Waals surface area contributed by atoms with Crippen molar-refractivity contribution in [3.8, 4) is 0 Å². The van der Waals surface area contributed by atoms with Crippen molar-refractivity contribution in [1.29, 1.82) is 0 Å². The molecule has 4 nitrogen and oxygen atoms in total. The lowest BCUT2D eigenvalue weighted by Gasteiger charge is -2.39. The Balaban J connectivity index is 1.97. The molecule has 2 rings (SSSR count). The highest BCUT2D eigenvalue weighted by molar-refractivity contribution is 9.10. The second-order valence-electron chi connectivity index (χ2n) is 5.12. The molecule has 2 unspecified atom stereocenters. The van der Waals surface area contributed by atoms with Gasteiger partial charge in [-0.05, 0) is 37.6 Å². The summed E-state index contributed by atoms with van der Waals surface area (Å²) in [6.07, 6.45) is 0.974. The minimum absolute atomic E-state index is 0.0571. The Morgan fingerprint density at radius 3 is 2.80 bits per heavy atom. The molecule has 1 heterocycles. The van der Waals surface area contributed by atoms with Crippen LogP contribution in [0.2, 0.25) is 0 Å². The molecule has 1 fully saturated rings. The van der Waals surface area contributed by atoms with Gasteiger partial charge in [0.15, 0.2) is 0 Å². The number of hydrogen-bond donors (Lipinski definition) is 1. The second-order valence-corrected chi connectivity index (χ2v) is 6.03. The number of carboxylic acid groups (broad SMARTS) is 1. The van der Waals surface area contributed by atoms with Gasteiger partial charge in [0.25, 0.3) is 0 Å². The molecule has 1 aliphatic heterocycles. The van der Waals surface area contributed by atoms with E-state index in [9.17, 15) is 4.79 Å². The summed E-state index contributed by atoms with van der Waals surface area (Å²) in [4.78, 5) is 12.9. The van der Waals surface area contributed by atoms with E-state index < -0.39 is 5.97 Å². The number of benzene rings is 1. The molecule has 0 bridgehead atoms. The Bertz CT molecular complexity index is 449. The predicted molar refractivity (Wildman–Crippen MR) is 80.7 cm³/mol. The van der Waals surface area contributed by atoms with Crippen molar-refractivity contribution in [3.05, 3.63) is 34.3 Å². The van der Waals surface area contributed by atoms with E-state index in [-0.39, 0.29) is 18.6 Å². The molecule has 1 aliphatic rings. The van der Waals surface area contributed by atoms with E-state index in [1.165, 1.54) is 5.56 Å². The minimum Gasteiger partial charge on any atom is -0.481 e. The summed E-state index contributed by atoms with van der Waals surface area (Å²) in [6.45, 7) is 4.52. The van der Waals surface area contributed by atoms with E-state index in [0.717, 1.165) is 17.6 Å². The third-order valence-corrected chi connectivity index (χ3v) is 4.25. The summed E-state index contributed by atoms with van der Waals surface area (Å²) in [7, 11) is 0. The Kier molecular flexibility index (Phi) is 5.57. The topological polar surface area (TPSA) is 49.8 Å². The SMILES string of the molecule is CC1C(c2ccc(Br)cc2)OCCN1CCCC(=O)O. The maximum absolute atomic E-state index is 10.6. The van der Waals surface area contributed by atoms with Crippen LogP contribution in [0.1, 0.15) is 31.4 Å². The number of hydrogen-bond acceptors (Lipinski definition) is 3. The highest BCUT2D eigenvalue weighted by Crippen LogP contribution is 2.29. The maximum atomic E-state index is 10.6. The average molecular weight is 342 g/mol. The fraction of sp³-hybridized carbons (Fsp3) is 0.533. The van der Waals surface area contributed by atoms with Crippen LogP contribution in [0, 0.1) is 0 Å². The van der Waals surface area contributed by atoms with Crippen molar-refractivity contribution in [1.82, 2.24) is 4.90 Å². The third kappa shape index (κ3) is 4.04. The summed E-state index contributed by atoms with van der Waals surface area (Å²) in [5, 5.41) is 8.72. The summed E-state index contributed by atoms with van der Waals surface area (Å²) in [5.74, 6) is -0.727. The molecule has 1 saturated heterocycles. The number of ether oxygens (including phenoxy) is 1. The van der Waals surface area contributed by atoms with Gasteiger partial charge in [0.1, 0.15) is 0 Å². The van der Waals surface area contributed by atoms with Gasteiger partial charge < -0.3 is 9.84 Å². The van der Waals surface area contributed by atoms with Crippen LogP contribution in [-0.2, 0) is 9.53 Å². The van der Waals surface area contributed by atoms with Crippen LogP contribution in [-0.4, -0.2) is 41.7 Å². The van der Waals surface area contributed by atoms with E-state index in [0.29, 0.717) is 13.0 Å². The first-order valence-electron chi connectivity index (χ1n) is 6.91. The lowest BCUT2D eigenvalue weighted by molar-refractivity contribution is -0.137. The fourth-order valence-electron chi connectivity index (χ4n) is 2.61. The van der Waals surface area contributed by atoms with Gasteiger partial charge in [0.05, 0.1) is 12.7 Å². The highest BCUT2D eigenvalue weighted by atomic mass is 79.9. The van der Waals surface area contributed by atoms with E-state index >= 15 is 0 Å². The van der Waals surface area contributed by atoms with Crippen LogP contribution >= 0.6 is 15.9 Å². The van der Waals surface area contributed by atoms with E-state index in [1.807, 2.05) is 12.1 Å². The predicted octanol–water partition coefficient (Wildman–Crippen LogP) is 3.08. The van der Waals surface area contributed by atoms with Crippen molar-refractivity contribution in [2.45, 2.75) is 31.9 Å². The third-order valence-electron chi connectivity index (χ3n) is 3.72. The lowest BCUT2D eigenvalue weighted by atomic mass is 10.0. The Morgan fingerprint density at radius 1 is 1.45 bits per heavy atom. The van der Waals surface area contributed by atoms with Crippen molar-refractivity contribution >= 4 is 21.9 Å². The summed E-state index contributed by atoms with van der Waals surface area (Å²) < 4.78 is 6.96. The molecular weight excluding hydrogens is 322 g/mol. The molecule has 0 aromatic heterocycles. The molecule has 20 heavy (non-hydrogen) atoms. The molecule has 1 aromatic carbocycles. The van der Waals surface area contributed by atoms with Gasteiger partial charge in [-0.2, -0.15) is 0 Å². The Morgan fingerprint density at radius 2 is 2.15 bits per heavy atom. The number of carboxylic acids is 1. The van der Waals surface area contributed by atoms with Crippen molar-refractivity contribution in [3.63, 3.8) is 0 Å². The van der Waals surface area contributed by atoms with Gasteiger partial charge in [-0.25, -0.2) is 0 Å². The minimum atomic E-state index is -0.727. The molecular formula is C15H20BrNO3. The molecule has 0 radical (unpaired) electrons.